The fourth-order valence-corrected chi connectivity index (χ4v) is 3.43. The van der Waals surface area contributed by atoms with E-state index in [0.717, 1.165) is 29.4 Å². The molecule has 3 rings (SSSR count). The van der Waals surface area contributed by atoms with Gasteiger partial charge < -0.3 is 4.74 Å². The highest BCUT2D eigenvalue weighted by Gasteiger charge is 2.18. The van der Waals surface area contributed by atoms with E-state index < -0.39 is 14.9 Å². The standard InChI is InChI=1S/C15H14N2O5S/c18-17(19)13-2-1-3-14(9-13)23(20,21)16-10-11-4-5-15-12(8-11)6-7-22-15/h1-5,8-9,16H,6-7,10H2. The van der Waals surface area contributed by atoms with Crippen molar-refractivity contribution in [2.24, 2.45) is 0 Å². The first-order chi connectivity index (χ1) is 11.0. The van der Waals surface area contributed by atoms with Crippen LogP contribution in [-0.4, -0.2) is 19.9 Å². The van der Waals surface area contributed by atoms with Crippen molar-refractivity contribution in [3.05, 3.63) is 63.7 Å². The maximum Gasteiger partial charge on any atom is 0.270 e. The molecule has 23 heavy (non-hydrogen) atoms. The summed E-state index contributed by atoms with van der Waals surface area (Å²) in [6, 6.07) is 10.5. The van der Waals surface area contributed by atoms with Crippen LogP contribution in [0.4, 0.5) is 5.69 Å². The number of hydrogen-bond donors (Lipinski definition) is 1. The number of benzene rings is 2. The number of ether oxygens (including phenoxy) is 1. The monoisotopic (exact) mass is 334 g/mol. The molecule has 1 aliphatic heterocycles. The van der Waals surface area contributed by atoms with Crippen LogP contribution >= 0.6 is 0 Å². The Bertz CT molecular complexity index is 864. The van der Waals surface area contributed by atoms with E-state index in [1.165, 1.54) is 18.2 Å². The van der Waals surface area contributed by atoms with E-state index >= 15 is 0 Å². The maximum atomic E-state index is 12.3. The summed E-state index contributed by atoms with van der Waals surface area (Å²) in [5, 5.41) is 10.7. The summed E-state index contributed by atoms with van der Waals surface area (Å²) in [5.41, 5.74) is 1.60. The maximum absolute atomic E-state index is 12.3. The van der Waals surface area contributed by atoms with Crippen LogP contribution in [0.3, 0.4) is 0 Å². The third-order valence-corrected chi connectivity index (χ3v) is 4.96. The van der Waals surface area contributed by atoms with Gasteiger partial charge in [0.1, 0.15) is 5.75 Å². The normalized spacial score (nSPS) is 13.4. The molecule has 0 unspecified atom stereocenters. The zero-order chi connectivity index (χ0) is 16.4. The van der Waals surface area contributed by atoms with Crippen molar-refractivity contribution in [1.29, 1.82) is 0 Å². The Morgan fingerprint density at radius 3 is 2.83 bits per heavy atom. The molecular formula is C15H14N2O5S. The molecule has 0 amide bonds. The summed E-state index contributed by atoms with van der Waals surface area (Å²) in [6.45, 7) is 0.747. The van der Waals surface area contributed by atoms with Gasteiger partial charge in [-0.2, -0.15) is 0 Å². The minimum Gasteiger partial charge on any atom is -0.493 e. The summed E-state index contributed by atoms with van der Waals surface area (Å²) in [5.74, 6) is 0.829. The predicted octanol–water partition coefficient (Wildman–Crippen LogP) is 2.01. The highest BCUT2D eigenvalue weighted by molar-refractivity contribution is 7.89. The van der Waals surface area contributed by atoms with Gasteiger partial charge in [-0.05, 0) is 23.3 Å². The molecule has 0 aromatic heterocycles. The molecule has 8 heteroatoms. The van der Waals surface area contributed by atoms with Crippen molar-refractivity contribution in [2.75, 3.05) is 6.61 Å². The lowest BCUT2D eigenvalue weighted by Crippen LogP contribution is -2.23. The number of nitro benzene ring substituents is 1. The van der Waals surface area contributed by atoms with Crippen molar-refractivity contribution in [2.45, 2.75) is 17.9 Å². The number of hydrogen-bond acceptors (Lipinski definition) is 5. The van der Waals surface area contributed by atoms with Crippen LogP contribution in [0, 0.1) is 10.1 Å². The first-order valence-corrected chi connectivity index (χ1v) is 8.43. The minimum atomic E-state index is -3.81. The van der Waals surface area contributed by atoms with Crippen molar-refractivity contribution >= 4 is 15.7 Å². The Labute approximate surface area is 133 Å². The van der Waals surface area contributed by atoms with Crippen LogP contribution in [-0.2, 0) is 23.0 Å². The molecule has 0 radical (unpaired) electrons. The smallest absolute Gasteiger partial charge is 0.270 e. The second-order valence-corrected chi connectivity index (χ2v) is 6.89. The van der Waals surface area contributed by atoms with Gasteiger partial charge in [0.25, 0.3) is 5.69 Å². The van der Waals surface area contributed by atoms with Crippen LogP contribution in [0.25, 0.3) is 0 Å². The largest absolute Gasteiger partial charge is 0.493 e. The van der Waals surface area contributed by atoms with Crippen molar-refractivity contribution < 1.29 is 18.1 Å². The van der Waals surface area contributed by atoms with E-state index in [4.69, 9.17) is 4.74 Å². The lowest BCUT2D eigenvalue weighted by Gasteiger charge is -2.08. The molecule has 1 heterocycles. The van der Waals surface area contributed by atoms with E-state index in [9.17, 15) is 18.5 Å². The summed E-state index contributed by atoms with van der Waals surface area (Å²) >= 11 is 0. The molecule has 0 fully saturated rings. The third kappa shape index (κ3) is 3.33. The van der Waals surface area contributed by atoms with Crippen LogP contribution in [0.1, 0.15) is 11.1 Å². The number of nitrogens with one attached hydrogen (secondary N) is 1. The van der Waals surface area contributed by atoms with Gasteiger partial charge in [0.2, 0.25) is 10.0 Å². The second kappa shape index (κ2) is 5.98. The molecule has 0 bridgehead atoms. The molecule has 0 saturated carbocycles. The number of non-ortho nitro benzene ring substituents is 1. The van der Waals surface area contributed by atoms with Gasteiger partial charge in [0.05, 0.1) is 16.4 Å². The van der Waals surface area contributed by atoms with E-state index in [2.05, 4.69) is 4.72 Å². The van der Waals surface area contributed by atoms with Gasteiger partial charge in [-0.15, -0.1) is 0 Å². The van der Waals surface area contributed by atoms with Crippen molar-refractivity contribution in [1.82, 2.24) is 4.72 Å². The van der Waals surface area contributed by atoms with Crippen LogP contribution in [0.2, 0.25) is 0 Å². The Balaban J connectivity index is 1.76. The molecule has 2 aromatic rings. The average Bonchev–Trinajstić information content (AvgIpc) is 3.01. The Hall–Kier alpha value is -2.45. The fourth-order valence-electron chi connectivity index (χ4n) is 2.38. The minimum absolute atomic E-state index is 0.109. The zero-order valence-corrected chi connectivity index (χ0v) is 12.9. The first kappa shape index (κ1) is 15.4. The Morgan fingerprint density at radius 2 is 2.04 bits per heavy atom. The molecule has 0 spiro atoms. The van der Waals surface area contributed by atoms with Crippen LogP contribution < -0.4 is 9.46 Å². The average molecular weight is 334 g/mol. The quantitative estimate of drug-likeness (QED) is 0.666. The lowest BCUT2D eigenvalue weighted by atomic mass is 10.1. The molecule has 0 atom stereocenters. The summed E-state index contributed by atoms with van der Waals surface area (Å²) in [4.78, 5) is 9.99. The molecule has 7 nitrogen and oxygen atoms in total. The highest BCUT2D eigenvalue weighted by atomic mass is 32.2. The van der Waals surface area contributed by atoms with Crippen molar-refractivity contribution in [3.8, 4) is 5.75 Å². The second-order valence-electron chi connectivity index (χ2n) is 5.12. The molecule has 1 N–H and O–H groups in total. The number of fused-ring (bicyclic) bond motifs is 1. The predicted molar refractivity (Wildman–Crippen MR) is 82.8 cm³/mol. The van der Waals surface area contributed by atoms with E-state index in [0.29, 0.717) is 6.61 Å². The summed E-state index contributed by atoms with van der Waals surface area (Å²) < 4.78 is 32.4. The molecule has 0 saturated heterocycles. The molecule has 120 valence electrons. The summed E-state index contributed by atoms with van der Waals surface area (Å²) in [6.07, 6.45) is 0.806. The lowest BCUT2D eigenvalue weighted by molar-refractivity contribution is -0.385. The van der Waals surface area contributed by atoms with Crippen LogP contribution in [0.15, 0.2) is 47.4 Å². The number of rotatable bonds is 5. The Morgan fingerprint density at radius 1 is 1.22 bits per heavy atom. The third-order valence-electron chi connectivity index (χ3n) is 3.56. The van der Waals surface area contributed by atoms with E-state index in [1.54, 1.807) is 6.07 Å². The number of nitrogens with zero attached hydrogens (tertiary/aromatic N) is 1. The highest BCUT2D eigenvalue weighted by Crippen LogP contribution is 2.26. The molecule has 0 aliphatic carbocycles. The Kier molecular flexibility index (Phi) is 4.01. The SMILES string of the molecule is O=[N+]([O-])c1cccc(S(=O)(=O)NCc2ccc3c(c2)CCO3)c1. The number of sulfonamides is 1. The van der Waals surface area contributed by atoms with Gasteiger partial charge in [-0.25, -0.2) is 13.1 Å². The van der Waals surface area contributed by atoms with E-state index in [-0.39, 0.29) is 17.1 Å². The van der Waals surface area contributed by atoms with Gasteiger partial charge in [0.15, 0.2) is 0 Å². The fraction of sp³-hybridized carbons (Fsp3) is 0.200. The van der Waals surface area contributed by atoms with Crippen LogP contribution in [0.5, 0.6) is 5.75 Å². The first-order valence-electron chi connectivity index (χ1n) is 6.94. The van der Waals surface area contributed by atoms with E-state index in [1.807, 2.05) is 12.1 Å². The topological polar surface area (TPSA) is 98.5 Å². The zero-order valence-electron chi connectivity index (χ0n) is 12.1. The number of nitro groups is 1. The van der Waals surface area contributed by atoms with Gasteiger partial charge >= 0.3 is 0 Å². The van der Waals surface area contributed by atoms with Gasteiger partial charge in [0, 0.05) is 25.1 Å². The molecular weight excluding hydrogens is 320 g/mol. The van der Waals surface area contributed by atoms with Gasteiger partial charge in [-0.3, -0.25) is 10.1 Å². The summed E-state index contributed by atoms with van der Waals surface area (Å²) in [7, 11) is -3.81. The molecule has 2 aromatic carbocycles. The van der Waals surface area contributed by atoms with Gasteiger partial charge in [-0.1, -0.05) is 18.2 Å². The van der Waals surface area contributed by atoms with Crippen molar-refractivity contribution in [3.63, 3.8) is 0 Å². The molecule has 1 aliphatic rings.